The predicted octanol–water partition coefficient (Wildman–Crippen LogP) is 1.28. The molecule has 4 nitrogen and oxygen atoms in total. The van der Waals surface area contributed by atoms with Gasteiger partial charge < -0.3 is 10.6 Å². The summed E-state index contributed by atoms with van der Waals surface area (Å²) in [6.45, 7) is 2.07. The van der Waals surface area contributed by atoms with Gasteiger partial charge in [0.2, 0.25) is 11.8 Å². The fourth-order valence-electron chi connectivity index (χ4n) is 2.54. The first-order chi connectivity index (χ1) is 9.08. The van der Waals surface area contributed by atoms with Crippen LogP contribution in [0.4, 0.5) is 0 Å². The summed E-state index contributed by atoms with van der Waals surface area (Å²) >= 11 is 0. The van der Waals surface area contributed by atoms with Crippen LogP contribution in [0.5, 0.6) is 0 Å². The average molecular weight is 260 g/mol. The van der Waals surface area contributed by atoms with Gasteiger partial charge in [0, 0.05) is 7.05 Å². The number of hydrogen-bond acceptors (Lipinski definition) is 2. The molecule has 0 aromatic heterocycles. The van der Waals surface area contributed by atoms with Gasteiger partial charge in [-0.25, -0.2) is 0 Å². The zero-order valence-electron chi connectivity index (χ0n) is 11.5. The third-order valence-corrected chi connectivity index (χ3v) is 3.90. The minimum Gasteiger partial charge on any atom is -0.358 e. The minimum atomic E-state index is -0.431. The van der Waals surface area contributed by atoms with E-state index in [1.165, 1.54) is 0 Å². The van der Waals surface area contributed by atoms with Gasteiger partial charge in [0.1, 0.15) is 0 Å². The van der Waals surface area contributed by atoms with Crippen LogP contribution in [-0.2, 0) is 15.0 Å². The van der Waals surface area contributed by atoms with Crippen molar-refractivity contribution in [3.05, 3.63) is 35.4 Å². The molecule has 19 heavy (non-hydrogen) atoms. The molecule has 0 aliphatic heterocycles. The zero-order chi connectivity index (χ0) is 13.9. The summed E-state index contributed by atoms with van der Waals surface area (Å²) < 4.78 is 0. The quantitative estimate of drug-likeness (QED) is 0.856. The second-order valence-electron chi connectivity index (χ2n) is 5.16. The summed E-state index contributed by atoms with van der Waals surface area (Å²) in [6.07, 6.45) is 2.77. The maximum absolute atomic E-state index is 12.4. The molecule has 0 unspecified atom stereocenters. The fourth-order valence-corrected chi connectivity index (χ4v) is 2.54. The van der Waals surface area contributed by atoms with E-state index in [0.29, 0.717) is 0 Å². The van der Waals surface area contributed by atoms with Crippen molar-refractivity contribution in [2.45, 2.75) is 31.6 Å². The lowest BCUT2D eigenvalue weighted by Gasteiger charge is -2.40. The summed E-state index contributed by atoms with van der Waals surface area (Å²) in [5, 5.41) is 5.25. The molecular weight excluding hydrogens is 240 g/mol. The Labute approximate surface area is 113 Å². The van der Waals surface area contributed by atoms with E-state index in [4.69, 9.17) is 0 Å². The molecule has 2 N–H and O–H groups in total. The first kappa shape index (κ1) is 13.6. The van der Waals surface area contributed by atoms with Gasteiger partial charge in [0.05, 0.1) is 12.0 Å². The highest BCUT2D eigenvalue weighted by molar-refractivity contribution is 5.92. The number of aryl methyl sites for hydroxylation is 1. The normalized spacial score (nSPS) is 16.3. The topological polar surface area (TPSA) is 58.2 Å². The number of amides is 2. The van der Waals surface area contributed by atoms with Crippen molar-refractivity contribution in [1.29, 1.82) is 0 Å². The highest BCUT2D eigenvalue weighted by Crippen LogP contribution is 2.44. The van der Waals surface area contributed by atoms with Gasteiger partial charge in [-0.1, -0.05) is 36.2 Å². The molecule has 0 atom stereocenters. The van der Waals surface area contributed by atoms with E-state index in [1.54, 1.807) is 7.05 Å². The number of carbonyl (C=O) groups is 2. The number of carbonyl (C=O) groups excluding carboxylic acids is 2. The number of benzene rings is 1. The van der Waals surface area contributed by atoms with Crippen molar-refractivity contribution in [1.82, 2.24) is 10.6 Å². The Bertz CT molecular complexity index is 493. The molecule has 1 aliphatic carbocycles. The number of likely N-dealkylation sites (N-methyl/N-ethyl adjacent to an activating group) is 1. The molecule has 1 aromatic carbocycles. The van der Waals surface area contributed by atoms with Gasteiger partial charge >= 0.3 is 0 Å². The average Bonchev–Trinajstić information content (AvgIpc) is 2.34. The van der Waals surface area contributed by atoms with Crippen LogP contribution in [0.3, 0.4) is 0 Å². The third-order valence-electron chi connectivity index (χ3n) is 3.90. The molecule has 2 amide bonds. The lowest BCUT2D eigenvalue weighted by Crippen LogP contribution is -2.51. The summed E-state index contributed by atoms with van der Waals surface area (Å²) in [5.74, 6) is -0.208. The molecule has 2 rings (SSSR count). The molecule has 1 aliphatic rings. The van der Waals surface area contributed by atoms with E-state index in [2.05, 4.69) is 16.7 Å². The molecule has 1 aromatic rings. The predicted molar refractivity (Wildman–Crippen MR) is 73.8 cm³/mol. The maximum Gasteiger partial charge on any atom is 0.239 e. The monoisotopic (exact) mass is 260 g/mol. The first-order valence-electron chi connectivity index (χ1n) is 6.64. The van der Waals surface area contributed by atoms with Gasteiger partial charge in [0.25, 0.3) is 0 Å². The molecule has 0 bridgehead atoms. The highest BCUT2D eigenvalue weighted by atomic mass is 16.2. The molecule has 0 saturated heterocycles. The van der Waals surface area contributed by atoms with E-state index < -0.39 is 5.41 Å². The summed E-state index contributed by atoms with van der Waals surface area (Å²) in [5.41, 5.74) is 1.79. The van der Waals surface area contributed by atoms with E-state index in [1.807, 2.05) is 25.1 Å². The summed E-state index contributed by atoms with van der Waals surface area (Å²) in [7, 11) is 1.56. The second kappa shape index (κ2) is 5.43. The van der Waals surface area contributed by atoms with Crippen LogP contribution in [0.2, 0.25) is 0 Å². The van der Waals surface area contributed by atoms with Gasteiger partial charge in [0.15, 0.2) is 0 Å². The highest BCUT2D eigenvalue weighted by Gasteiger charge is 2.45. The number of hydrogen-bond donors (Lipinski definition) is 2. The molecule has 1 fully saturated rings. The number of rotatable bonds is 4. The van der Waals surface area contributed by atoms with Crippen molar-refractivity contribution < 1.29 is 9.59 Å². The van der Waals surface area contributed by atoms with Crippen molar-refractivity contribution in [2.24, 2.45) is 0 Å². The smallest absolute Gasteiger partial charge is 0.239 e. The standard InChI is InChI=1S/C15H20N2O2/c1-11-5-3-6-12(9-11)15(7-4-8-15)14(19)17-10-13(18)16-2/h3,5-6,9H,4,7-8,10H2,1-2H3,(H,16,18)(H,17,19). The molecule has 4 heteroatoms. The van der Waals surface area contributed by atoms with E-state index in [-0.39, 0.29) is 18.4 Å². The molecule has 102 valence electrons. The van der Waals surface area contributed by atoms with E-state index in [9.17, 15) is 9.59 Å². The second-order valence-corrected chi connectivity index (χ2v) is 5.16. The van der Waals surface area contributed by atoms with Crippen molar-refractivity contribution in [3.8, 4) is 0 Å². The minimum absolute atomic E-state index is 0.0343. The Kier molecular flexibility index (Phi) is 3.88. The van der Waals surface area contributed by atoms with Crippen LogP contribution in [0.15, 0.2) is 24.3 Å². The Balaban J connectivity index is 2.14. The maximum atomic E-state index is 12.4. The van der Waals surface area contributed by atoms with Crippen molar-refractivity contribution >= 4 is 11.8 Å². The van der Waals surface area contributed by atoms with Crippen molar-refractivity contribution in [3.63, 3.8) is 0 Å². The van der Waals surface area contributed by atoms with Crippen molar-refractivity contribution in [2.75, 3.05) is 13.6 Å². The largest absolute Gasteiger partial charge is 0.358 e. The molecule has 0 radical (unpaired) electrons. The van der Waals surface area contributed by atoms with Crippen LogP contribution in [0.25, 0.3) is 0 Å². The van der Waals surface area contributed by atoms with Crippen LogP contribution in [-0.4, -0.2) is 25.4 Å². The van der Waals surface area contributed by atoms with Crippen LogP contribution in [0.1, 0.15) is 30.4 Å². The number of nitrogens with one attached hydrogen (secondary N) is 2. The first-order valence-corrected chi connectivity index (χ1v) is 6.64. The Morgan fingerprint density at radius 2 is 2.05 bits per heavy atom. The van der Waals surface area contributed by atoms with Crippen LogP contribution in [0, 0.1) is 6.92 Å². The third kappa shape index (κ3) is 2.62. The summed E-state index contributed by atoms with van der Waals surface area (Å²) in [4.78, 5) is 23.6. The fraction of sp³-hybridized carbons (Fsp3) is 0.467. The Morgan fingerprint density at radius 3 is 2.58 bits per heavy atom. The SMILES string of the molecule is CNC(=O)CNC(=O)C1(c2cccc(C)c2)CCC1. The van der Waals surface area contributed by atoms with E-state index in [0.717, 1.165) is 30.4 Å². The lowest BCUT2D eigenvalue weighted by atomic mass is 9.63. The van der Waals surface area contributed by atoms with Gasteiger partial charge in [-0.2, -0.15) is 0 Å². The van der Waals surface area contributed by atoms with Crippen LogP contribution < -0.4 is 10.6 Å². The summed E-state index contributed by atoms with van der Waals surface area (Å²) in [6, 6.07) is 8.08. The van der Waals surface area contributed by atoms with Gasteiger partial charge in [-0.15, -0.1) is 0 Å². The Morgan fingerprint density at radius 1 is 1.32 bits per heavy atom. The lowest BCUT2D eigenvalue weighted by molar-refractivity contribution is -0.132. The van der Waals surface area contributed by atoms with Crippen LogP contribution >= 0.6 is 0 Å². The molecule has 1 saturated carbocycles. The van der Waals surface area contributed by atoms with E-state index >= 15 is 0 Å². The van der Waals surface area contributed by atoms with Gasteiger partial charge in [-0.3, -0.25) is 9.59 Å². The molecular formula is C15H20N2O2. The molecule has 0 spiro atoms. The Hall–Kier alpha value is -1.84. The zero-order valence-corrected chi connectivity index (χ0v) is 11.5. The molecule has 0 heterocycles. The van der Waals surface area contributed by atoms with Gasteiger partial charge in [-0.05, 0) is 25.3 Å².